The molecule has 0 amide bonds. The Morgan fingerprint density at radius 2 is 1.82 bits per heavy atom. The van der Waals surface area contributed by atoms with Gasteiger partial charge in [-0.2, -0.15) is 0 Å². The molecule has 0 saturated heterocycles. The van der Waals surface area contributed by atoms with E-state index in [0.717, 1.165) is 13.0 Å². The van der Waals surface area contributed by atoms with Gasteiger partial charge < -0.3 is 19.5 Å². The van der Waals surface area contributed by atoms with Gasteiger partial charge in [0.25, 0.3) is 0 Å². The fourth-order valence-corrected chi connectivity index (χ4v) is 2.83. The first kappa shape index (κ1) is 14.7. The van der Waals surface area contributed by atoms with Crippen molar-refractivity contribution in [1.29, 1.82) is 0 Å². The number of hydrogen-bond donors (Lipinski definition) is 1. The number of rotatable bonds is 6. The number of fused-ring (bicyclic) bond motifs is 1. The molecule has 3 rings (SSSR count). The Balaban J connectivity index is 1.56. The molecular weight excluding hydrogens is 278 g/mol. The van der Waals surface area contributed by atoms with E-state index in [1.807, 2.05) is 30.3 Å². The van der Waals surface area contributed by atoms with Crippen LogP contribution in [-0.2, 0) is 6.42 Å². The second kappa shape index (κ2) is 6.71. The molecule has 4 nitrogen and oxygen atoms in total. The molecule has 0 fully saturated rings. The number of benzene rings is 2. The van der Waals surface area contributed by atoms with Crippen molar-refractivity contribution in [1.82, 2.24) is 0 Å². The van der Waals surface area contributed by atoms with Crippen molar-refractivity contribution < 1.29 is 14.6 Å². The highest BCUT2D eigenvalue weighted by Crippen LogP contribution is 2.28. The first-order chi connectivity index (χ1) is 10.8. The molecule has 0 aromatic heterocycles. The van der Waals surface area contributed by atoms with Crippen LogP contribution in [0.1, 0.15) is 5.56 Å². The second-order valence-corrected chi connectivity index (χ2v) is 5.44. The van der Waals surface area contributed by atoms with Crippen LogP contribution in [0.3, 0.4) is 0 Å². The molecule has 0 bridgehead atoms. The van der Waals surface area contributed by atoms with Crippen LogP contribution >= 0.6 is 0 Å². The van der Waals surface area contributed by atoms with E-state index in [2.05, 4.69) is 23.1 Å². The van der Waals surface area contributed by atoms with Crippen LogP contribution in [0.25, 0.3) is 0 Å². The van der Waals surface area contributed by atoms with Crippen molar-refractivity contribution in [2.75, 3.05) is 31.7 Å². The van der Waals surface area contributed by atoms with Crippen LogP contribution in [0.5, 0.6) is 11.5 Å². The maximum Gasteiger partial charge on any atom is 0.161 e. The lowest BCUT2D eigenvalue weighted by atomic mass is 10.2. The third-order valence-electron chi connectivity index (χ3n) is 3.91. The van der Waals surface area contributed by atoms with Crippen molar-refractivity contribution >= 4 is 5.69 Å². The smallest absolute Gasteiger partial charge is 0.161 e. The second-order valence-electron chi connectivity index (χ2n) is 5.44. The predicted molar refractivity (Wildman–Crippen MR) is 86.9 cm³/mol. The Morgan fingerprint density at radius 3 is 2.64 bits per heavy atom. The van der Waals surface area contributed by atoms with Crippen LogP contribution < -0.4 is 14.4 Å². The van der Waals surface area contributed by atoms with Crippen molar-refractivity contribution in [3.63, 3.8) is 0 Å². The SMILES string of the molecule is COc1ccccc1OCC(O)CN1CCc2ccccc21. The normalized spacial score (nSPS) is 14.5. The van der Waals surface area contributed by atoms with Gasteiger partial charge in [0.1, 0.15) is 12.7 Å². The molecule has 4 heteroatoms. The van der Waals surface area contributed by atoms with Crippen LogP contribution in [0.2, 0.25) is 0 Å². The molecule has 2 aromatic rings. The highest BCUT2D eigenvalue weighted by molar-refractivity contribution is 5.57. The third-order valence-corrected chi connectivity index (χ3v) is 3.91. The summed E-state index contributed by atoms with van der Waals surface area (Å²) in [5.74, 6) is 1.34. The summed E-state index contributed by atoms with van der Waals surface area (Å²) in [6.07, 6.45) is 0.493. The molecular formula is C18H21NO3. The number of aliphatic hydroxyl groups excluding tert-OH is 1. The molecule has 1 unspecified atom stereocenters. The lowest BCUT2D eigenvalue weighted by Crippen LogP contribution is -2.34. The minimum atomic E-state index is -0.545. The van der Waals surface area contributed by atoms with Gasteiger partial charge in [-0.1, -0.05) is 30.3 Å². The van der Waals surface area contributed by atoms with Gasteiger partial charge in [0.05, 0.1) is 7.11 Å². The molecule has 0 spiro atoms. The molecule has 0 radical (unpaired) electrons. The van der Waals surface area contributed by atoms with Crippen molar-refractivity contribution in [2.24, 2.45) is 0 Å². The van der Waals surface area contributed by atoms with E-state index >= 15 is 0 Å². The zero-order chi connectivity index (χ0) is 15.4. The summed E-state index contributed by atoms with van der Waals surface area (Å²) in [7, 11) is 1.61. The molecule has 1 atom stereocenters. The summed E-state index contributed by atoms with van der Waals surface area (Å²) < 4.78 is 10.9. The number of methoxy groups -OCH3 is 1. The number of aliphatic hydroxyl groups is 1. The molecule has 1 aliphatic heterocycles. The first-order valence-corrected chi connectivity index (χ1v) is 7.54. The predicted octanol–water partition coefficient (Wildman–Crippen LogP) is 2.50. The van der Waals surface area contributed by atoms with Crippen LogP contribution in [0.15, 0.2) is 48.5 Å². The molecule has 2 aromatic carbocycles. The number of ether oxygens (including phenoxy) is 2. The standard InChI is InChI=1S/C18H21NO3/c1-21-17-8-4-5-9-18(17)22-13-15(20)12-19-11-10-14-6-2-3-7-16(14)19/h2-9,15,20H,10-13H2,1H3. The minimum Gasteiger partial charge on any atom is -0.493 e. The fourth-order valence-electron chi connectivity index (χ4n) is 2.83. The van der Waals surface area contributed by atoms with Crippen LogP contribution in [0.4, 0.5) is 5.69 Å². The summed E-state index contributed by atoms with van der Waals surface area (Å²) in [5.41, 5.74) is 2.57. The molecule has 0 saturated carbocycles. The van der Waals surface area contributed by atoms with E-state index in [4.69, 9.17) is 9.47 Å². The summed E-state index contributed by atoms with van der Waals surface area (Å²) in [5, 5.41) is 10.3. The number of anilines is 1. The molecule has 22 heavy (non-hydrogen) atoms. The third kappa shape index (κ3) is 3.17. The summed E-state index contributed by atoms with van der Waals surface area (Å²) >= 11 is 0. The van der Waals surface area contributed by atoms with E-state index in [1.54, 1.807) is 7.11 Å². The maximum atomic E-state index is 10.3. The Labute approximate surface area is 130 Å². The van der Waals surface area contributed by atoms with Crippen molar-refractivity contribution in [2.45, 2.75) is 12.5 Å². The summed E-state index contributed by atoms with van der Waals surface area (Å²) in [4.78, 5) is 2.21. The van der Waals surface area contributed by atoms with Gasteiger partial charge in [0.2, 0.25) is 0 Å². The Kier molecular flexibility index (Phi) is 4.49. The number of β-amino-alcohol motifs (C(OH)–C–C–N with tert-alkyl or cyclic N) is 1. The lowest BCUT2D eigenvalue weighted by molar-refractivity contribution is 0.110. The lowest BCUT2D eigenvalue weighted by Gasteiger charge is -2.23. The fraction of sp³-hybridized carbons (Fsp3) is 0.333. The van der Waals surface area contributed by atoms with Gasteiger partial charge in [-0.05, 0) is 30.2 Å². The zero-order valence-corrected chi connectivity index (χ0v) is 12.7. The minimum absolute atomic E-state index is 0.249. The Bertz CT molecular complexity index is 629. The molecule has 0 aliphatic carbocycles. The maximum absolute atomic E-state index is 10.3. The average Bonchev–Trinajstić information content (AvgIpc) is 2.96. The van der Waals surface area contributed by atoms with E-state index < -0.39 is 6.10 Å². The van der Waals surface area contributed by atoms with Crippen molar-refractivity contribution in [3.8, 4) is 11.5 Å². The number of nitrogens with zero attached hydrogens (tertiary/aromatic N) is 1. The van der Waals surface area contributed by atoms with Gasteiger partial charge in [-0.15, -0.1) is 0 Å². The molecule has 1 aliphatic rings. The van der Waals surface area contributed by atoms with Crippen LogP contribution in [-0.4, -0.2) is 38.0 Å². The first-order valence-electron chi connectivity index (χ1n) is 7.54. The van der Waals surface area contributed by atoms with Gasteiger partial charge in [-0.25, -0.2) is 0 Å². The highest BCUT2D eigenvalue weighted by atomic mass is 16.5. The quantitative estimate of drug-likeness (QED) is 0.890. The molecule has 1 heterocycles. The molecule has 116 valence electrons. The van der Waals surface area contributed by atoms with Crippen LogP contribution in [0, 0.1) is 0 Å². The van der Waals surface area contributed by atoms with E-state index in [1.165, 1.54) is 11.3 Å². The zero-order valence-electron chi connectivity index (χ0n) is 12.7. The van der Waals surface area contributed by atoms with Gasteiger partial charge >= 0.3 is 0 Å². The van der Waals surface area contributed by atoms with E-state index in [-0.39, 0.29) is 6.61 Å². The number of hydrogen-bond acceptors (Lipinski definition) is 4. The monoisotopic (exact) mass is 299 g/mol. The average molecular weight is 299 g/mol. The topological polar surface area (TPSA) is 41.9 Å². The van der Waals surface area contributed by atoms with Crippen molar-refractivity contribution in [3.05, 3.63) is 54.1 Å². The largest absolute Gasteiger partial charge is 0.493 e. The van der Waals surface area contributed by atoms with E-state index in [9.17, 15) is 5.11 Å². The summed E-state index contributed by atoms with van der Waals surface area (Å²) in [6.45, 7) is 1.77. The van der Waals surface area contributed by atoms with E-state index in [0.29, 0.717) is 18.0 Å². The van der Waals surface area contributed by atoms with Gasteiger partial charge in [-0.3, -0.25) is 0 Å². The number of para-hydroxylation sites is 3. The summed E-state index contributed by atoms with van der Waals surface area (Å²) in [6, 6.07) is 15.8. The Hall–Kier alpha value is -2.20. The molecule has 1 N–H and O–H groups in total. The van der Waals surface area contributed by atoms with Gasteiger partial charge in [0.15, 0.2) is 11.5 Å². The highest BCUT2D eigenvalue weighted by Gasteiger charge is 2.21. The van der Waals surface area contributed by atoms with Gasteiger partial charge in [0, 0.05) is 18.8 Å². The Morgan fingerprint density at radius 1 is 1.09 bits per heavy atom.